The lowest BCUT2D eigenvalue weighted by molar-refractivity contribution is 0.0957. The maximum Gasteiger partial charge on any atom is 0.170 e. The molecule has 0 N–H and O–H groups in total. The van der Waals surface area contributed by atoms with Gasteiger partial charge < -0.3 is 4.74 Å². The molecule has 0 aromatic heterocycles. The lowest BCUT2D eigenvalue weighted by Crippen LogP contribution is -2.12. The fourth-order valence-electron chi connectivity index (χ4n) is 2.24. The van der Waals surface area contributed by atoms with E-state index in [0.717, 1.165) is 12.0 Å². The highest BCUT2D eigenvalue weighted by molar-refractivity contribution is 6.01. The van der Waals surface area contributed by atoms with Crippen molar-refractivity contribution in [2.24, 2.45) is 0 Å². The fraction of sp³-hybridized carbons (Fsp3) is 0.235. The lowest BCUT2D eigenvalue weighted by Gasteiger charge is -2.14. The molecule has 0 saturated heterocycles. The van der Waals surface area contributed by atoms with Crippen LogP contribution >= 0.6 is 0 Å². The fourth-order valence-corrected chi connectivity index (χ4v) is 2.24. The molecule has 2 heteroatoms. The largest absolute Gasteiger partial charge is 0.497 e. The van der Waals surface area contributed by atoms with Gasteiger partial charge in [-0.25, -0.2) is 0 Å². The summed E-state index contributed by atoms with van der Waals surface area (Å²) in [4.78, 5) is 12.6. The van der Waals surface area contributed by atoms with Crippen LogP contribution in [0.4, 0.5) is 0 Å². The van der Waals surface area contributed by atoms with E-state index in [1.165, 1.54) is 0 Å². The van der Waals surface area contributed by atoms with Crippen LogP contribution in [0.1, 0.15) is 35.2 Å². The highest BCUT2D eigenvalue weighted by Crippen LogP contribution is 2.25. The molecule has 0 bridgehead atoms. The zero-order valence-corrected chi connectivity index (χ0v) is 11.3. The molecular weight excluding hydrogens is 236 g/mol. The molecule has 0 amide bonds. The van der Waals surface area contributed by atoms with Gasteiger partial charge in [-0.2, -0.15) is 0 Å². The predicted molar refractivity (Wildman–Crippen MR) is 76.8 cm³/mol. The Morgan fingerprint density at radius 1 is 1.11 bits per heavy atom. The molecule has 2 aromatic rings. The number of hydrogen-bond acceptors (Lipinski definition) is 2. The Hall–Kier alpha value is -2.09. The minimum absolute atomic E-state index is 0.0895. The van der Waals surface area contributed by atoms with Gasteiger partial charge in [0.2, 0.25) is 0 Å². The highest BCUT2D eigenvalue weighted by atomic mass is 16.5. The van der Waals surface area contributed by atoms with E-state index in [9.17, 15) is 4.79 Å². The molecule has 98 valence electrons. The molecule has 2 aromatic carbocycles. The molecule has 0 aliphatic carbocycles. The van der Waals surface area contributed by atoms with E-state index < -0.39 is 0 Å². The SMILES string of the molecule is CC[C@@H](C(=O)c1cccc(OC)c1)c1ccccc1. The van der Waals surface area contributed by atoms with Crippen molar-refractivity contribution in [2.45, 2.75) is 19.3 Å². The number of ketones is 1. The second-order valence-electron chi connectivity index (χ2n) is 4.47. The highest BCUT2D eigenvalue weighted by Gasteiger charge is 2.20. The molecule has 19 heavy (non-hydrogen) atoms. The standard InChI is InChI=1S/C17H18O2/c1-3-16(13-8-5-4-6-9-13)17(18)14-10-7-11-15(12-14)19-2/h4-12,16H,3H2,1-2H3/t16-/m1/s1. The molecule has 0 saturated carbocycles. The summed E-state index contributed by atoms with van der Waals surface area (Å²) in [6.07, 6.45) is 0.792. The minimum atomic E-state index is -0.0895. The minimum Gasteiger partial charge on any atom is -0.497 e. The number of hydrogen-bond donors (Lipinski definition) is 0. The number of carbonyl (C=O) groups is 1. The van der Waals surface area contributed by atoms with Gasteiger partial charge in [0.15, 0.2) is 5.78 Å². The first kappa shape index (κ1) is 13.3. The summed E-state index contributed by atoms with van der Waals surface area (Å²) in [5.74, 6) is 0.773. The van der Waals surface area contributed by atoms with E-state index in [1.54, 1.807) is 13.2 Å². The van der Waals surface area contributed by atoms with Crippen LogP contribution in [-0.4, -0.2) is 12.9 Å². The average molecular weight is 254 g/mol. The Labute approximate surface area is 114 Å². The van der Waals surface area contributed by atoms with Crippen molar-refractivity contribution in [1.29, 1.82) is 0 Å². The van der Waals surface area contributed by atoms with Crippen LogP contribution in [0.5, 0.6) is 5.75 Å². The van der Waals surface area contributed by atoms with Crippen LogP contribution in [0.15, 0.2) is 54.6 Å². The van der Waals surface area contributed by atoms with Crippen molar-refractivity contribution in [2.75, 3.05) is 7.11 Å². The summed E-state index contributed by atoms with van der Waals surface area (Å²) >= 11 is 0. The van der Waals surface area contributed by atoms with Gasteiger partial charge in [-0.05, 0) is 24.1 Å². The van der Waals surface area contributed by atoms with Crippen LogP contribution in [0.25, 0.3) is 0 Å². The van der Waals surface area contributed by atoms with Gasteiger partial charge in [-0.1, -0.05) is 49.4 Å². The van der Waals surface area contributed by atoms with Crippen molar-refractivity contribution < 1.29 is 9.53 Å². The molecule has 1 atom stereocenters. The molecular formula is C17H18O2. The van der Waals surface area contributed by atoms with Crippen molar-refractivity contribution in [3.05, 3.63) is 65.7 Å². The van der Waals surface area contributed by atoms with E-state index in [2.05, 4.69) is 0 Å². The van der Waals surface area contributed by atoms with Crippen LogP contribution in [0.3, 0.4) is 0 Å². The number of methoxy groups -OCH3 is 1. The van der Waals surface area contributed by atoms with Gasteiger partial charge >= 0.3 is 0 Å². The lowest BCUT2D eigenvalue weighted by atomic mass is 9.88. The van der Waals surface area contributed by atoms with E-state index in [-0.39, 0.29) is 11.7 Å². The monoisotopic (exact) mass is 254 g/mol. The van der Waals surface area contributed by atoms with Gasteiger partial charge in [0.1, 0.15) is 5.75 Å². The summed E-state index contributed by atoms with van der Waals surface area (Å²) in [6.45, 7) is 2.04. The van der Waals surface area contributed by atoms with E-state index >= 15 is 0 Å². The summed E-state index contributed by atoms with van der Waals surface area (Å²) < 4.78 is 5.17. The van der Waals surface area contributed by atoms with Crippen LogP contribution < -0.4 is 4.74 Å². The van der Waals surface area contributed by atoms with Crippen LogP contribution in [0, 0.1) is 0 Å². The summed E-state index contributed by atoms with van der Waals surface area (Å²) in [6, 6.07) is 17.3. The Kier molecular flexibility index (Phi) is 4.35. The number of Topliss-reactive ketones (excluding diaryl/α,β-unsaturated/α-hetero) is 1. The third-order valence-corrected chi connectivity index (χ3v) is 3.28. The van der Waals surface area contributed by atoms with Gasteiger partial charge in [-0.3, -0.25) is 4.79 Å². The Morgan fingerprint density at radius 2 is 1.84 bits per heavy atom. The Bertz CT molecular complexity index is 546. The normalized spacial score (nSPS) is 11.9. The third-order valence-electron chi connectivity index (χ3n) is 3.28. The zero-order chi connectivity index (χ0) is 13.7. The van der Waals surface area contributed by atoms with Gasteiger partial charge in [0.25, 0.3) is 0 Å². The van der Waals surface area contributed by atoms with Crippen molar-refractivity contribution in [1.82, 2.24) is 0 Å². The molecule has 0 unspecified atom stereocenters. The number of rotatable bonds is 5. The number of ether oxygens (including phenoxy) is 1. The first-order valence-electron chi connectivity index (χ1n) is 6.49. The van der Waals surface area contributed by atoms with Gasteiger partial charge in [0, 0.05) is 11.5 Å². The zero-order valence-electron chi connectivity index (χ0n) is 11.3. The third kappa shape index (κ3) is 3.02. The summed E-state index contributed by atoms with van der Waals surface area (Å²) in [5.41, 5.74) is 1.77. The molecule has 0 heterocycles. The van der Waals surface area contributed by atoms with Crippen molar-refractivity contribution >= 4 is 5.78 Å². The van der Waals surface area contributed by atoms with E-state index in [0.29, 0.717) is 11.3 Å². The topological polar surface area (TPSA) is 26.3 Å². The predicted octanol–water partition coefficient (Wildman–Crippen LogP) is 4.07. The molecule has 0 spiro atoms. The molecule has 2 nitrogen and oxygen atoms in total. The number of carbonyl (C=O) groups excluding carboxylic acids is 1. The van der Waals surface area contributed by atoms with Gasteiger partial charge in [-0.15, -0.1) is 0 Å². The van der Waals surface area contributed by atoms with Crippen LogP contribution in [-0.2, 0) is 0 Å². The molecule has 0 fully saturated rings. The molecule has 0 radical (unpaired) electrons. The molecule has 0 aliphatic heterocycles. The summed E-state index contributed by atoms with van der Waals surface area (Å²) in [5, 5.41) is 0. The second-order valence-corrected chi connectivity index (χ2v) is 4.47. The average Bonchev–Trinajstić information content (AvgIpc) is 2.49. The first-order valence-corrected chi connectivity index (χ1v) is 6.49. The maximum absolute atomic E-state index is 12.6. The Balaban J connectivity index is 2.30. The maximum atomic E-state index is 12.6. The molecule has 2 rings (SSSR count). The Morgan fingerprint density at radius 3 is 2.47 bits per heavy atom. The van der Waals surface area contributed by atoms with Gasteiger partial charge in [0.05, 0.1) is 7.11 Å². The van der Waals surface area contributed by atoms with Crippen molar-refractivity contribution in [3.63, 3.8) is 0 Å². The van der Waals surface area contributed by atoms with Crippen LogP contribution in [0.2, 0.25) is 0 Å². The molecule has 0 aliphatic rings. The quantitative estimate of drug-likeness (QED) is 0.752. The summed E-state index contributed by atoms with van der Waals surface area (Å²) in [7, 11) is 1.61. The van der Waals surface area contributed by atoms with E-state index in [1.807, 2.05) is 55.5 Å². The number of benzene rings is 2. The smallest absolute Gasteiger partial charge is 0.170 e. The van der Waals surface area contributed by atoms with Crippen molar-refractivity contribution in [3.8, 4) is 5.75 Å². The first-order chi connectivity index (χ1) is 9.26. The second kappa shape index (κ2) is 6.19. The van der Waals surface area contributed by atoms with E-state index in [4.69, 9.17) is 4.74 Å².